The van der Waals surface area contributed by atoms with Gasteiger partial charge in [-0.1, -0.05) is 20.8 Å². The molecule has 2 N–H and O–H groups in total. The molecular formula is C10H22N2OS. The standard InChI is InChI=1S/C10H20N2O.H2S/c1-10(2,3)7-12-9(13)8-5-4-6-11-8;/h8,11H,4-7H2,1-3H3,(H,12,13);1H2/t8-;/m0./s1. The molecule has 0 spiro atoms. The number of hydrogen-bond acceptors (Lipinski definition) is 2. The molecule has 0 saturated carbocycles. The Morgan fingerprint density at radius 3 is 2.57 bits per heavy atom. The Balaban J connectivity index is 0.00000169. The molecule has 14 heavy (non-hydrogen) atoms. The first-order valence-corrected chi connectivity index (χ1v) is 5.00. The fourth-order valence-corrected chi connectivity index (χ4v) is 1.38. The summed E-state index contributed by atoms with van der Waals surface area (Å²) in [5, 5.41) is 6.14. The van der Waals surface area contributed by atoms with Gasteiger partial charge in [0.05, 0.1) is 6.04 Å². The average Bonchev–Trinajstić information content (AvgIpc) is 2.50. The van der Waals surface area contributed by atoms with Crippen LogP contribution in [-0.4, -0.2) is 25.0 Å². The second kappa shape index (κ2) is 5.61. The molecule has 0 radical (unpaired) electrons. The van der Waals surface area contributed by atoms with E-state index >= 15 is 0 Å². The van der Waals surface area contributed by atoms with E-state index in [1.807, 2.05) is 0 Å². The minimum absolute atomic E-state index is 0. The van der Waals surface area contributed by atoms with Gasteiger partial charge >= 0.3 is 0 Å². The van der Waals surface area contributed by atoms with Crippen molar-refractivity contribution in [2.45, 2.75) is 39.7 Å². The molecule has 0 aliphatic carbocycles. The highest BCUT2D eigenvalue weighted by Crippen LogP contribution is 2.11. The van der Waals surface area contributed by atoms with Crippen molar-refractivity contribution in [1.29, 1.82) is 0 Å². The molecule has 0 unspecified atom stereocenters. The number of carbonyl (C=O) groups excluding carboxylic acids is 1. The summed E-state index contributed by atoms with van der Waals surface area (Å²) in [7, 11) is 0. The largest absolute Gasteiger partial charge is 0.354 e. The Labute approximate surface area is 93.5 Å². The topological polar surface area (TPSA) is 41.1 Å². The van der Waals surface area contributed by atoms with Gasteiger partial charge in [-0.15, -0.1) is 0 Å². The monoisotopic (exact) mass is 218 g/mol. The summed E-state index contributed by atoms with van der Waals surface area (Å²) in [5.74, 6) is 0.160. The van der Waals surface area contributed by atoms with Crippen LogP contribution in [0.2, 0.25) is 0 Å². The first-order chi connectivity index (χ1) is 5.99. The van der Waals surface area contributed by atoms with Crippen LogP contribution in [0.4, 0.5) is 0 Å². The zero-order valence-corrected chi connectivity index (χ0v) is 10.3. The lowest BCUT2D eigenvalue weighted by Gasteiger charge is -2.20. The fourth-order valence-electron chi connectivity index (χ4n) is 1.38. The van der Waals surface area contributed by atoms with Gasteiger partial charge in [0.2, 0.25) is 5.91 Å². The molecule has 1 saturated heterocycles. The number of carbonyl (C=O) groups is 1. The van der Waals surface area contributed by atoms with E-state index in [2.05, 4.69) is 31.4 Å². The summed E-state index contributed by atoms with van der Waals surface area (Å²) in [6.45, 7) is 8.09. The molecule has 3 nitrogen and oxygen atoms in total. The molecule has 0 bridgehead atoms. The highest BCUT2D eigenvalue weighted by Gasteiger charge is 2.22. The molecule has 0 aromatic heterocycles. The van der Waals surface area contributed by atoms with E-state index in [-0.39, 0.29) is 30.9 Å². The van der Waals surface area contributed by atoms with Crippen LogP contribution < -0.4 is 10.6 Å². The third kappa shape index (κ3) is 4.86. The van der Waals surface area contributed by atoms with Gasteiger partial charge in [0.15, 0.2) is 0 Å². The quantitative estimate of drug-likeness (QED) is 0.726. The predicted octanol–water partition coefficient (Wildman–Crippen LogP) is 1.01. The van der Waals surface area contributed by atoms with E-state index in [1.165, 1.54) is 0 Å². The number of amides is 1. The smallest absolute Gasteiger partial charge is 0.237 e. The molecule has 1 aliphatic heterocycles. The van der Waals surface area contributed by atoms with Crippen molar-refractivity contribution in [2.24, 2.45) is 5.41 Å². The summed E-state index contributed by atoms with van der Waals surface area (Å²) in [6.07, 6.45) is 2.10. The Kier molecular flexibility index (Phi) is 5.52. The number of hydrogen-bond donors (Lipinski definition) is 2. The van der Waals surface area contributed by atoms with Gasteiger partial charge in [0.1, 0.15) is 0 Å². The van der Waals surface area contributed by atoms with E-state index in [0.717, 1.165) is 25.9 Å². The number of rotatable bonds is 2. The molecule has 4 heteroatoms. The average molecular weight is 218 g/mol. The lowest BCUT2D eigenvalue weighted by Crippen LogP contribution is -2.43. The molecule has 1 rings (SSSR count). The van der Waals surface area contributed by atoms with Gasteiger partial charge in [0, 0.05) is 6.54 Å². The zero-order chi connectivity index (χ0) is 9.90. The van der Waals surface area contributed by atoms with E-state index in [0.29, 0.717) is 0 Å². The van der Waals surface area contributed by atoms with Crippen LogP contribution in [0.25, 0.3) is 0 Å². The van der Waals surface area contributed by atoms with E-state index in [9.17, 15) is 4.79 Å². The number of nitrogens with one attached hydrogen (secondary N) is 2. The Morgan fingerprint density at radius 2 is 2.14 bits per heavy atom. The van der Waals surface area contributed by atoms with E-state index in [4.69, 9.17) is 0 Å². The molecule has 1 atom stereocenters. The van der Waals surface area contributed by atoms with Gasteiger partial charge in [-0.2, -0.15) is 13.5 Å². The predicted molar refractivity (Wildman–Crippen MR) is 63.9 cm³/mol. The van der Waals surface area contributed by atoms with Crippen LogP contribution in [0, 0.1) is 5.41 Å². The minimum Gasteiger partial charge on any atom is -0.354 e. The molecule has 1 amide bonds. The van der Waals surface area contributed by atoms with Crippen molar-refractivity contribution in [3.63, 3.8) is 0 Å². The molecule has 0 aromatic rings. The van der Waals surface area contributed by atoms with Crippen molar-refractivity contribution in [2.75, 3.05) is 13.1 Å². The highest BCUT2D eigenvalue weighted by atomic mass is 32.1. The van der Waals surface area contributed by atoms with Crippen molar-refractivity contribution in [3.05, 3.63) is 0 Å². The summed E-state index contributed by atoms with van der Waals surface area (Å²) < 4.78 is 0. The summed E-state index contributed by atoms with van der Waals surface area (Å²) >= 11 is 0. The minimum atomic E-state index is 0. The van der Waals surface area contributed by atoms with Crippen LogP contribution in [0.5, 0.6) is 0 Å². The normalized spacial score (nSPS) is 21.5. The van der Waals surface area contributed by atoms with Crippen molar-refractivity contribution in [3.8, 4) is 0 Å². The zero-order valence-electron chi connectivity index (χ0n) is 9.31. The van der Waals surface area contributed by atoms with Gasteiger partial charge < -0.3 is 10.6 Å². The van der Waals surface area contributed by atoms with Crippen molar-refractivity contribution < 1.29 is 4.79 Å². The van der Waals surface area contributed by atoms with E-state index < -0.39 is 0 Å². The second-order valence-electron chi connectivity index (χ2n) is 4.93. The highest BCUT2D eigenvalue weighted by molar-refractivity contribution is 7.59. The molecule has 0 aromatic carbocycles. The maximum atomic E-state index is 11.5. The summed E-state index contributed by atoms with van der Waals surface area (Å²) in [6, 6.07) is 0.0577. The van der Waals surface area contributed by atoms with Crippen molar-refractivity contribution >= 4 is 19.4 Å². The third-order valence-electron chi connectivity index (χ3n) is 2.17. The van der Waals surface area contributed by atoms with Crippen LogP contribution in [0.1, 0.15) is 33.6 Å². The van der Waals surface area contributed by atoms with Gasteiger partial charge in [-0.25, -0.2) is 0 Å². The maximum Gasteiger partial charge on any atom is 0.237 e. The Bertz CT molecular complexity index is 183. The van der Waals surface area contributed by atoms with Gasteiger partial charge in [-0.05, 0) is 24.8 Å². The van der Waals surface area contributed by atoms with Crippen LogP contribution in [0.3, 0.4) is 0 Å². The van der Waals surface area contributed by atoms with Crippen molar-refractivity contribution in [1.82, 2.24) is 10.6 Å². The second-order valence-corrected chi connectivity index (χ2v) is 4.93. The fraction of sp³-hybridized carbons (Fsp3) is 0.900. The van der Waals surface area contributed by atoms with Crippen LogP contribution in [-0.2, 0) is 4.79 Å². The molecule has 1 aliphatic rings. The van der Waals surface area contributed by atoms with Gasteiger partial charge in [0.25, 0.3) is 0 Å². The Hall–Kier alpha value is -0.220. The SMILES string of the molecule is CC(C)(C)CNC(=O)[C@@H]1CCCN1.S. The lowest BCUT2D eigenvalue weighted by atomic mass is 9.97. The first-order valence-electron chi connectivity index (χ1n) is 5.00. The maximum absolute atomic E-state index is 11.5. The summed E-state index contributed by atoms with van der Waals surface area (Å²) in [5.41, 5.74) is 0.175. The molecular weight excluding hydrogens is 196 g/mol. The Morgan fingerprint density at radius 1 is 1.50 bits per heavy atom. The third-order valence-corrected chi connectivity index (χ3v) is 2.17. The first kappa shape index (κ1) is 13.8. The van der Waals surface area contributed by atoms with Crippen LogP contribution >= 0.6 is 13.5 Å². The molecule has 1 heterocycles. The van der Waals surface area contributed by atoms with Crippen LogP contribution in [0.15, 0.2) is 0 Å². The summed E-state index contributed by atoms with van der Waals surface area (Å²) in [4.78, 5) is 11.5. The van der Waals surface area contributed by atoms with Gasteiger partial charge in [-0.3, -0.25) is 4.79 Å². The molecule has 1 fully saturated rings. The van der Waals surface area contributed by atoms with E-state index in [1.54, 1.807) is 0 Å². The lowest BCUT2D eigenvalue weighted by molar-refractivity contribution is -0.123. The molecule has 84 valence electrons.